The van der Waals surface area contributed by atoms with Gasteiger partial charge >= 0.3 is 0 Å². The van der Waals surface area contributed by atoms with Crippen LogP contribution in [0.1, 0.15) is 46.6 Å². The Kier molecular flexibility index (Phi) is 4.01. The van der Waals surface area contributed by atoms with Gasteiger partial charge in [0.1, 0.15) is 0 Å². The first kappa shape index (κ1) is 15.2. The first-order valence-electron chi connectivity index (χ1n) is 7.48. The molecule has 1 aliphatic rings. The molecule has 7 heteroatoms. The normalized spacial score (nSPS) is 15.1. The van der Waals surface area contributed by atoms with Crippen LogP contribution in [0, 0.1) is 6.92 Å². The number of aromatic nitrogens is 3. The molecular formula is C15H21N5OS. The molecule has 3 heterocycles. The number of nitrogens with zero attached hydrogens (tertiary/aromatic N) is 4. The maximum Gasteiger partial charge on any atom is 0.277 e. The monoisotopic (exact) mass is 319 g/mol. The standard InChI is InChI=1S/C15H21N5OS/c1-9(2)20-10(3)7-12(18-20)14(21)17-15-16-11-5-6-19(4)8-13(11)22-15/h7,9H,5-6,8H2,1-4H3,(H,16,17,21). The predicted molar refractivity (Wildman–Crippen MR) is 87.5 cm³/mol. The highest BCUT2D eigenvalue weighted by atomic mass is 32.1. The second-order valence-electron chi connectivity index (χ2n) is 6.04. The van der Waals surface area contributed by atoms with E-state index in [0.29, 0.717) is 10.8 Å². The Hall–Kier alpha value is -1.73. The quantitative estimate of drug-likeness (QED) is 0.944. The van der Waals surface area contributed by atoms with Crippen molar-refractivity contribution in [3.8, 4) is 0 Å². The van der Waals surface area contributed by atoms with Crippen molar-refractivity contribution in [1.29, 1.82) is 0 Å². The highest BCUT2D eigenvalue weighted by molar-refractivity contribution is 7.15. The molecule has 0 fully saturated rings. The molecule has 0 atom stereocenters. The lowest BCUT2D eigenvalue weighted by Gasteiger charge is -2.20. The number of nitrogens with one attached hydrogen (secondary N) is 1. The number of fused-ring (bicyclic) bond motifs is 1. The topological polar surface area (TPSA) is 63.1 Å². The lowest BCUT2D eigenvalue weighted by Crippen LogP contribution is -2.25. The zero-order valence-electron chi connectivity index (χ0n) is 13.4. The van der Waals surface area contributed by atoms with Gasteiger partial charge in [-0.2, -0.15) is 5.10 Å². The zero-order valence-corrected chi connectivity index (χ0v) is 14.2. The summed E-state index contributed by atoms with van der Waals surface area (Å²) in [5, 5.41) is 7.92. The van der Waals surface area contributed by atoms with E-state index in [-0.39, 0.29) is 11.9 Å². The van der Waals surface area contributed by atoms with E-state index in [4.69, 9.17) is 0 Å². The summed E-state index contributed by atoms with van der Waals surface area (Å²) in [6.45, 7) is 7.98. The van der Waals surface area contributed by atoms with Gasteiger partial charge in [0.05, 0.1) is 5.69 Å². The number of likely N-dealkylation sites (N-methyl/N-ethyl adjacent to an activating group) is 1. The van der Waals surface area contributed by atoms with E-state index in [1.807, 2.05) is 31.5 Å². The van der Waals surface area contributed by atoms with Gasteiger partial charge in [-0.1, -0.05) is 0 Å². The fourth-order valence-electron chi connectivity index (χ4n) is 2.66. The van der Waals surface area contributed by atoms with E-state index < -0.39 is 0 Å². The van der Waals surface area contributed by atoms with Crippen molar-refractivity contribution in [2.24, 2.45) is 0 Å². The van der Waals surface area contributed by atoms with E-state index in [9.17, 15) is 4.79 Å². The van der Waals surface area contributed by atoms with Crippen LogP contribution in [0.2, 0.25) is 0 Å². The number of hydrogen-bond acceptors (Lipinski definition) is 5. The average molecular weight is 319 g/mol. The summed E-state index contributed by atoms with van der Waals surface area (Å²) in [6, 6.07) is 2.06. The minimum atomic E-state index is -0.193. The molecule has 0 saturated carbocycles. The van der Waals surface area contributed by atoms with Gasteiger partial charge in [0.15, 0.2) is 10.8 Å². The van der Waals surface area contributed by atoms with Gasteiger partial charge in [0, 0.05) is 36.1 Å². The predicted octanol–water partition coefficient (Wildman–Crippen LogP) is 2.47. The van der Waals surface area contributed by atoms with Gasteiger partial charge in [-0.05, 0) is 33.9 Å². The van der Waals surface area contributed by atoms with Crippen molar-refractivity contribution >= 4 is 22.4 Å². The largest absolute Gasteiger partial charge is 0.301 e. The second kappa shape index (κ2) is 5.81. The molecule has 0 bridgehead atoms. The van der Waals surface area contributed by atoms with Gasteiger partial charge in [0.2, 0.25) is 0 Å². The molecule has 1 aliphatic heterocycles. The summed E-state index contributed by atoms with van der Waals surface area (Å²) in [7, 11) is 2.10. The van der Waals surface area contributed by atoms with Crippen molar-refractivity contribution in [1.82, 2.24) is 19.7 Å². The van der Waals surface area contributed by atoms with E-state index >= 15 is 0 Å². The minimum Gasteiger partial charge on any atom is -0.301 e. The maximum absolute atomic E-state index is 12.3. The number of amides is 1. The number of hydrogen-bond donors (Lipinski definition) is 1. The third-order valence-corrected chi connectivity index (χ3v) is 4.78. The van der Waals surface area contributed by atoms with Crippen molar-refractivity contribution in [3.05, 3.63) is 28.0 Å². The minimum absolute atomic E-state index is 0.193. The first-order chi connectivity index (χ1) is 10.4. The van der Waals surface area contributed by atoms with Crippen LogP contribution < -0.4 is 5.32 Å². The summed E-state index contributed by atoms with van der Waals surface area (Å²) in [6.07, 6.45) is 0.944. The Morgan fingerprint density at radius 1 is 1.45 bits per heavy atom. The highest BCUT2D eigenvalue weighted by Crippen LogP contribution is 2.28. The number of rotatable bonds is 3. The Labute approximate surface area is 134 Å². The first-order valence-corrected chi connectivity index (χ1v) is 8.30. The molecule has 2 aromatic rings. The van der Waals surface area contributed by atoms with Gasteiger partial charge < -0.3 is 4.90 Å². The van der Waals surface area contributed by atoms with Crippen molar-refractivity contribution in [3.63, 3.8) is 0 Å². The molecule has 22 heavy (non-hydrogen) atoms. The maximum atomic E-state index is 12.3. The van der Waals surface area contributed by atoms with Gasteiger partial charge in [-0.15, -0.1) is 11.3 Å². The molecule has 0 spiro atoms. The Morgan fingerprint density at radius 2 is 2.23 bits per heavy atom. The Balaban J connectivity index is 1.76. The SMILES string of the molecule is Cc1cc(C(=O)Nc2nc3c(s2)CN(C)CC3)nn1C(C)C. The van der Waals surface area contributed by atoms with Crippen LogP contribution >= 0.6 is 11.3 Å². The van der Waals surface area contributed by atoms with Crippen LogP contribution in [-0.4, -0.2) is 39.2 Å². The summed E-state index contributed by atoms with van der Waals surface area (Å²) in [5.74, 6) is -0.193. The molecule has 3 rings (SSSR count). The zero-order chi connectivity index (χ0) is 15.9. The third-order valence-electron chi connectivity index (χ3n) is 3.79. The fraction of sp³-hybridized carbons (Fsp3) is 0.533. The molecular weight excluding hydrogens is 298 g/mol. The molecule has 0 unspecified atom stereocenters. The van der Waals surface area contributed by atoms with Crippen LogP contribution in [0.5, 0.6) is 0 Å². The number of carbonyl (C=O) groups is 1. The molecule has 1 amide bonds. The molecule has 1 N–H and O–H groups in total. The summed E-state index contributed by atoms with van der Waals surface area (Å²) in [4.78, 5) is 20.4. The van der Waals surface area contributed by atoms with Crippen LogP contribution in [-0.2, 0) is 13.0 Å². The number of anilines is 1. The average Bonchev–Trinajstić information content (AvgIpc) is 3.01. The molecule has 0 aliphatic carbocycles. The van der Waals surface area contributed by atoms with E-state index in [1.165, 1.54) is 4.88 Å². The summed E-state index contributed by atoms with van der Waals surface area (Å²) >= 11 is 1.56. The fourth-order valence-corrected chi connectivity index (χ4v) is 3.74. The molecule has 6 nitrogen and oxygen atoms in total. The molecule has 0 saturated heterocycles. The molecule has 2 aromatic heterocycles. The van der Waals surface area contributed by atoms with E-state index in [0.717, 1.165) is 30.9 Å². The van der Waals surface area contributed by atoms with Crippen LogP contribution in [0.25, 0.3) is 0 Å². The van der Waals surface area contributed by atoms with Crippen molar-refractivity contribution in [2.45, 2.75) is 39.8 Å². The van der Waals surface area contributed by atoms with Crippen molar-refractivity contribution in [2.75, 3.05) is 18.9 Å². The van der Waals surface area contributed by atoms with Gasteiger partial charge in [-0.25, -0.2) is 4.98 Å². The van der Waals surface area contributed by atoms with Crippen LogP contribution in [0.15, 0.2) is 6.07 Å². The summed E-state index contributed by atoms with van der Waals surface area (Å²) < 4.78 is 1.86. The van der Waals surface area contributed by atoms with Crippen molar-refractivity contribution < 1.29 is 4.79 Å². The highest BCUT2D eigenvalue weighted by Gasteiger charge is 2.20. The van der Waals surface area contributed by atoms with Gasteiger partial charge in [0.25, 0.3) is 5.91 Å². The third kappa shape index (κ3) is 2.91. The lowest BCUT2D eigenvalue weighted by molar-refractivity contribution is 0.102. The summed E-state index contributed by atoms with van der Waals surface area (Å²) in [5.41, 5.74) is 2.54. The number of thiazole rings is 1. The Bertz CT molecular complexity index is 703. The van der Waals surface area contributed by atoms with Crippen LogP contribution in [0.4, 0.5) is 5.13 Å². The second-order valence-corrected chi connectivity index (χ2v) is 7.12. The molecule has 0 radical (unpaired) electrons. The van der Waals surface area contributed by atoms with E-state index in [1.54, 1.807) is 11.3 Å². The smallest absolute Gasteiger partial charge is 0.277 e. The Morgan fingerprint density at radius 3 is 2.91 bits per heavy atom. The number of carbonyl (C=O) groups excluding carboxylic acids is 1. The lowest BCUT2D eigenvalue weighted by atomic mass is 10.2. The van der Waals surface area contributed by atoms with E-state index in [2.05, 4.69) is 27.3 Å². The number of aryl methyl sites for hydroxylation is 1. The molecule has 0 aromatic carbocycles. The van der Waals surface area contributed by atoms with Crippen LogP contribution in [0.3, 0.4) is 0 Å². The van der Waals surface area contributed by atoms with Gasteiger partial charge in [-0.3, -0.25) is 14.8 Å². The molecule has 118 valence electrons.